The molecule has 0 spiro atoms. The van der Waals surface area contributed by atoms with Gasteiger partial charge in [-0.1, -0.05) is 12.1 Å². The van der Waals surface area contributed by atoms with E-state index >= 15 is 0 Å². The summed E-state index contributed by atoms with van der Waals surface area (Å²) in [4.78, 5) is 0. The van der Waals surface area contributed by atoms with Crippen LogP contribution in [-0.2, 0) is 6.61 Å². The molecule has 0 unspecified atom stereocenters. The highest BCUT2D eigenvalue weighted by molar-refractivity contribution is 14.2. The standard InChI is InChI=1S/C9H8INOS/c10-13-11-5-4-8-7(6-12)2-1-3-9(8)11/h1-5,12H,6H2. The van der Waals surface area contributed by atoms with Crippen LogP contribution >= 0.6 is 30.3 Å². The van der Waals surface area contributed by atoms with Crippen molar-refractivity contribution < 1.29 is 5.11 Å². The minimum atomic E-state index is 0.104. The normalized spacial score (nSPS) is 10.9. The molecule has 2 aromatic rings. The van der Waals surface area contributed by atoms with Gasteiger partial charge in [-0.25, -0.2) is 0 Å². The van der Waals surface area contributed by atoms with E-state index in [1.54, 1.807) is 9.12 Å². The largest absolute Gasteiger partial charge is 0.392 e. The van der Waals surface area contributed by atoms with E-state index in [1.165, 1.54) is 0 Å². The Kier molecular flexibility index (Phi) is 2.80. The maximum Gasteiger partial charge on any atom is 0.0688 e. The number of benzene rings is 1. The van der Waals surface area contributed by atoms with Gasteiger partial charge < -0.3 is 5.11 Å². The molecule has 1 aromatic heterocycles. The van der Waals surface area contributed by atoms with Crippen LogP contribution < -0.4 is 0 Å². The number of rotatable bonds is 2. The molecule has 0 aliphatic carbocycles. The second kappa shape index (κ2) is 3.89. The molecule has 0 atom stereocenters. The third kappa shape index (κ3) is 1.58. The first-order valence-corrected chi connectivity index (χ1v) is 7.17. The molecular formula is C9H8INOS. The van der Waals surface area contributed by atoms with Crippen molar-refractivity contribution in [2.24, 2.45) is 0 Å². The number of aliphatic hydroxyl groups excluding tert-OH is 1. The van der Waals surface area contributed by atoms with Crippen LogP contribution in [0.4, 0.5) is 0 Å². The number of halogens is 1. The molecule has 1 N–H and O–H groups in total. The summed E-state index contributed by atoms with van der Waals surface area (Å²) in [5.74, 6) is 0. The number of hydrogen-bond acceptors (Lipinski definition) is 2. The minimum Gasteiger partial charge on any atom is -0.392 e. The predicted octanol–water partition coefficient (Wildman–Crippen LogP) is 2.98. The van der Waals surface area contributed by atoms with Gasteiger partial charge in [0.2, 0.25) is 0 Å². The number of aromatic nitrogens is 1. The average molecular weight is 305 g/mol. The number of aliphatic hydroxyl groups is 1. The molecule has 0 aliphatic heterocycles. The fourth-order valence-electron chi connectivity index (χ4n) is 1.40. The van der Waals surface area contributed by atoms with Crippen LogP contribution in [0.2, 0.25) is 0 Å². The molecule has 68 valence electrons. The molecule has 0 fully saturated rings. The lowest BCUT2D eigenvalue weighted by Crippen LogP contribution is -1.84. The minimum absolute atomic E-state index is 0.104. The SMILES string of the molecule is OCc1cccc2c1ccn2SI. The average Bonchev–Trinajstić information content (AvgIpc) is 2.60. The summed E-state index contributed by atoms with van der Waals surface area (Å²) in [6.45, 7) is 0.104. The fraction of sp³-hybridized carbons (Fsp3) is 0.111. The van der Waals surface area contributed by atoms with Crippen LogP contribution in [0, 0.1) is 0 Å². The Morgan fingerprint density at radius 1 is 1.38 bits per heavy atom. The molecule has 0 saturated carbocycles. The Labute approximate surface area is 92.7 Å². The number of hydrogen-bond donors (Lipinski definition) is 1. The summed E-state index contributed by atoms with van der Waals surface area (Å²) in [6, 6.07) is 8.01. The monoisotopic (exact) mass is 305 g/mol. The van der Waals surface area contributed by atoms with Gasteiger partial charge in [0.25, 0.3) is 0 Å². The lowest BCUT2D eigenvalue weighted by Gasteiger charge is -2.00. The molecule has 0 radical (unpaired) electrons. The molecular weight excluding hydrogens is 297 g/mol. The Hall–Kier alpha value is -0.200. The van der Waals surface area contributed by atoms with Gasteiger partial charge in [-0.3, -0.25) is 3.97 Å². The maximum atomic E-state index is 9.10. The number of nitrogens with zero attached hydrogens (tertiary/aromatic N) is 1. The van der Waals surface area contributed by atoms with E-state index in [9.17, 15) is 0 Å². The third-order valence-electron chi connectivity index (χ3n) is 2.03. The molecule has 4 heteroatoms. The summed E-state index contributed by atoms with van der Waals surface area (Å²) in [5.41, 5.74) is 2.15. The van der Waals surface area contributed by atoms with E-state index in [2.05, 4.69) is 31.2 Å². The smallest absolute Gasteiger partial charge is 0.0688 e. The van der Waals surface area contributed by atoms with Crippen molar-refractivity contribution in [1.82, 2.24) is 3.97 Å². The van der Waals surface area contributed by atoms with E-state index in [1.807, 2.05) is 24.4 Å². The molecule has 0 bridgehead atoms. The van der Waals surface area contributed by atoms with Gasteiger partial charge in [0, 0.05) is 41.9 Å². The molecule has 13 heavy (non-hydrogen) atoms. The molecule has 2 nitrogen and oxygen atoms in total. The lowest BCUT2D eigenvalue weighted by atomic mass is 10.1. The van der Waals surface area contributed by atoms with E-state index < -0.39 is 0 Å². The Morgan fingerprint density at radius 2 is 2.23 bits per heavy atom. The van der Waals surface area contributed by atoms with Gasteiger partial charge in [0.1, 0.15) is 0 Å². The number of fused-ring (bicyclic) bond motifs is 1. The van der Waals surface area contributed by atoms with Crippen LogP contribution in [0.15, 0.2) is 30.5 Å². The van der Waals surface area contributed by atoms with Gasteiger partial charge in [-0.05, 0) is 17.7 Å². The zero-order valence-electron chi connectivity index (χ0n) is 6.77. The van der Waals surface area contributed by atoms with Gasteiger partial charge in [-0.15, -0.1) is 0 Å². The van der Waals surface area contributed by atoms with E-state index in [-0.39, 0.29) is 6.61 Å². The first-order valence-electron chi connectivity index (χ1n) is 3.85. The van der Waals surface area contributed by atoms with E-state index in [0.29, 0.717) is 0 Å². The van der Waals surface area contributed by atoms with Gasteiger partial charge >= 0.3 is 0 Å². The molecule has 2 rings (SSSR count). The van der Waals surface area contributed by atoms with Crippen LogP contribution in [0.1, 0.15) is 5.56 Å². The Morgan fingerprint density at radius 3 is 2.92 bits per heavy atom. The summed E-state index contributed by atoms with van der Waals surface area (Å²) in [5, 5.41) is 10.2. The van der Waals surface area contributed by atoms with Gasteiger partial charge in [-0.2, -0.15) is 0 Å². The van der Waals surface area contributed by atoms with Crippen molar-refractivity contribution in [3.8, 4) is 0 Å². The highest BCUT2D eigenvalue weighted by Gasteiger charge is 2.03. The van der Waals surface area contributed by atoms with Crippen molar-refractivity contribution in [3.63, 3.8) is 0 Å². The highest BCUT2D eigenvalue weighted by Crippen LogP contribution is 2.26. The summed E-state index contributed by atoms with van der Waals surface area (Å²) in [7, 11) is 1.63. The van der Waals surface area contributed by atoms with Crippen LogP contribution in [0.3, 0.4) is 0 Å². The fourth-order valence-corrected chi connectivity index (χ4v) is 2.78. The van der Waals surface area contributed by atoms with Crippen molar-refractivity contribution in [3.05, 3.63) is 36.0 Å². The predicted molar refractivity (Wildman–Crippen MR) is 64.9 cm³/mol. The second-order valence-electron chi connectivity index (χ2n) is 2.72. The zero-order valence-corrected chi connectivity index (χ0v) is 9.75. The van der Waals surface area contributed by atoms with Gasteiger partial charge in [0.15, 0.2) is 0 Å². The Bertz CT molecular complexity index is 426. The van der Waals surface area contributed by atoms with Crippen LogP contribution in [0.25, 0.3) is 10.9 Å². The quantitative estimate of drug-likeness (QED) is 0.863. The van der Waals surface area contributed by atoms with E-state index in [0.717, 1.165) is 16.5 Å². The summed E-state index contributed by atoms with van der Waals surface area (Å²) >= 11 is 2.24. The van der Waals surface area contributed by atoms with Crippen molar-refractivity contribution >= 4 is 41.2 Å². The molecule has 0 aliphatic rings. The molecule has 1 heterocycles. The molecule has 0 amide bonds. The Balaban J connectivity index is 2.72. The van der Waals surface area contributed by atoms with E-state index in [4.69, 9.17) is 5.11 Å². The second-order valence-corrected chi connectivity index (χ2v) is 4.43. The van der Waals surface area contributed by atoms with Crippen molar-refractivity contribution in [1.29, 1.82) is 0 Å². The van der Waals surface area contributed by atoms with Gasteiger partial charge in [0.05, 0.1) is 12.1 Å². The third-order valence-corrected chi connectivity index (χ3v) is 3.77. The van der Waals surface area contributed by atoms with Crippen LogP contribution in [0.5, 0.6) is 0 Å². The van der Waals surface area contributed by atoms with Crippen LogP contribution in [-0.4, -0.2) is 9.08 Å². The topological polar surface area (TPSA) is 25.2 Å². The maximum absolute atomic E-state index is 9.10. The van der Waals surface area contributed by atoms with Crippen molar-refractivity contribution in [2.45, 2.75) is 6.61 Å². The highest BCUT2D eigenvalue weighted by atomic mass is 127. The summed E-state index contributed by atoms with van der Waals surface area (Å²) < 4.78 is 2.08. The van der Waals surface area contributed by atoms with Crippen molar-refractivity contribution in [2.75, 3.05) is 0 Å². The molecule has 1 aromatic carbocycles. The first-order chi connectivity index (χ1) is 6.36. The lowest BCUT2D eigenvalue weighted by molar-refractivity contribution is 0.283. The first kappa shape index (κ1) is 9.36. The zero-order chi connectivity index (χ0) is 9.26. The summed E-state index contributed by atoms with van der Waals surface area (Å²) in [6.07, 6.45) is 2.01. The molecule has 0 saturated heterocycles.